The van der Waals surface area contributed by atoms with Crippen LogP contribution in [0.2, 0.25) is 0 Å². The first-order valence-electron chi connectivity index (χ1n) is 6.54. The minimum atomic E-state index is 0.197. The molecular formula is C13H22N4O. The van der Waals surface area contributed by atoms with Gasteiger partial charge in [-0.25, -0.2) is 9.97 Å². The highest BCUT2D eigenvalue weighted by Crippen LogP contribution is 2.34. The number of ether oxygens (including phenoxy) is 1. The molecule has 2 rings (SSSR count). The van der Waals surface area contributed by atoms with Gasteiger partial charge in [-0.3, -0.25) is 0 Å². The van der Waals surface area contributed by atoms with E-state index < -0.39 is 0 Å². The smallest absolute Gasteiger partial charge is 0.158 e. The summed E-state index contributed by atoms with van der Waals surface area (Å²) in [6.07, 6.45) is 3.69. The number of methoxy groups -OCH3 is 1. The van der Waals surface area contributed by atoms with Crippen molar-refractivity contribution in [2.45, 2.75) is 45.3 Å². The summed E-state index contributed by atoms with van der Waals surface area (Å²) in [7, 11) is 1.66. The Morgan fingerprint density at radius 3 is 2.61 bits per heavy atom. The predicted octanol–water partition coefficient (Wildman–Crippen LogP) is 2.41. The minimum Gasteiger partial charge on any atom is -0.377 e. The van der Waals surface area contributed by atoms with Crippen LogP contribution in [0.1, 0.15) is 38.9 Å². The molecule has 1 fully saturated rings. The van der Waals surface area contributed by atoms with E-state index in [1.807, 2.05) is 6.07 Å². The van der Waals surface area contributed by atoms with Crippen LogP contribution in [-0.2, 0) is 11.3 Å². The largest absolute Gasteiger partial charge is 0.377 e. The molecule has 0 spiro atoms. The van der Waals surface area contributed by atoms with E-state index in [2.05, 4.69) is 34.4 Å². The Balaban J connectivity index is 2.16. The van der Waals surface area contributed by atoms with Gasteiger partial charge in [-0.1, -0.05) is 0 Å². The molecule has 5 heteroatoms. The second kappa shape index (κ2) is 5.52. The van der Waals surface area contributed by atoms with Gasteiger partial charge in [-0.05, 0) is 33.1 Å². The minimum absolute atomic E-state index is 0.197. The molecule has 0 unspecified atom stereocenters. The summed E-state index contributed by atoms with van der Waals surface area (Å²) in [5.41, 5.74) is 0.197. The van der Waals surface area contributed by atoms with Crippen molar-refractivity contribution in [1.82, 2.24) is 9.97 Å². The van der Waals surface area contributed by atoms with Crippen molar-refractivity contribution in [3.05, 3.63) is 11.9 Å². The Morgan fingerprint density at radius 2 is 2.06 bits per heavy atom. The van der Waals surface area contributed by atoms with Gasteiger partial charge in [0.2, 0.25) is 0 Å². The molecule has 2 N–H and O–H groups in total. The lowest BCUT2D eigenvalue weighted by atomic mass is 9.78. The van der Waals surface area contributed by atoms with E-state index in [1.54, 1.807) is 7.11 Å². The van der Waals surface area contributed by atoms with Crippen LogP contribution in [0.3, 0.4) is 0 Å². The van der Waals surface area contributed by atoms with Crippen molar-refractivity contribution in [3.63, 3.8) is 0 Å². The first-order valence-corrected chi connectivity index (χ1v) is 6.54. The Morgan fingerprint density at radius 1 is 1.33 bits per heavy atom. The first kappa shape index (κ1) is 13.1. The highest BCUT2D eigenvalue weighted by Gasteiger charge is 2.31. The van der Waals surface area contributed by atoms with E-state index in [9.17, 15) is 0 Å². The van der Waals surface area contributed by atoms with Gasteiger partial charge in [0, 0.05) is 25.3 Å². The van der Waals surface area contributed by atoms with E-state index in [1.165, 1.54) is 19.3 Å². The molecule has 0 aliphatic heterocycles. The number of aromatic nitrogens is 2. The molecule has 1 aliphatic rings. The maximum atomic E-state index is 5.11. The van der Waals surface area contributed by atoms with Crippen LogP contribution in [0.25, 0.3) is 0 Å². The molecule has 0 bridgehead atoms. The van der Waals surface area contributed by atoms with Gasteiger partial charge in [-0.15, -0.1) is 0 Å². The summed E-state index contributed by atoms with van der Waals surface area (Å²) >= 11 is 0. The fourth-order valence-corrected chi connectivity index (χ4v) is 2.17. The van der Waals surface area contributed by atoms with Crippen LogP contribution in [0.4, 0.5) is 11.6 Å². The Kier molecular flexibility index (Phi) is 4.01. The van der Waals surface area contributed by atoms with Crippen molar-refractivity contribution in [1.29, 1.82) is 0 Å². The lowest BCUT2D eigenvalue weighted by Gasteiger charge is -2.39. The molecule has 1 aliphatic carbocycles. The zero-order valence-corrected chi connectivity index (χ0v) is 11.4. The van der Waals surface area contributed by atoms with Crippen molar-refractivity contribution in [2.24, 2.45) is 0 Å². The zero-order chi connectivity index (χ0) is 13.0. The molecular weight excluding hydrogens is 228 g/mol. The molecule has 1 aromatic heterocycles. The van der Waals surface area contributed by atoms with E-state index in [4.69, 9.17) is 4.74 Å². The quantitative estimate of drug-likeness (QED) is 0.812. The lowest BCUT2D eigenvalue weighted by Crippen LogP contribution is -2.42. The van der Waals surface area contributed by atoms with Crippen LogP contribution < -0.4 is 10.6 Å². The molecule has 1 saturated carbocycles. The Labute approximate surface area is 108 Å². The van der Waals surface area contributed by atoms with E-state index in [0.717, 1.165) is 18.2 Å². The van der Waals surface area contributed by atoms with Gasteiger partial charge in [0.15, 0.2) is 5.82 Å². The SMILES string of the molecule is CCNc1cc(NC2(C)CCC2)nc(COC)n1. The van der Waals surface area contributed by atoms with Crippen LogP contribution in [-0.4, -0.2) is 29.2 Å². The third-order valence-corrected chi connectivity index (χ3v) is 3.29. The molecule has 0 radical (unpaired) electrons. The van der Waals surface area contributed by atoms with Gasteiger partial charge < -0.3 is 15.4 Å². The van der Waals surface area contributed by atoms with Crippen molar-refractivity contribution in [3.8, 4) is 0 Å². The van der Waals surface area contributed by atoms with Gasteiger partial charge in [-0.2, -0.15) is 0 Å². The maximum Gasteiger partial charge on any atom is 0.158 e. The summed E-state index contributed by atoms with van der Waals surface area (Å²) < 4.78 is 5.11. The number of nitrogens with zero attached hydrogens (tertiary/aromatic N) is 2. The van der Waals surface area contributed by atoms with Gasteiger partial charge in [0.25, 0.3) is 0 Å². The molecule has 0 amide bonds. The summed E-state index contributed by atoms with van der Waals surface area (Å²) in [5, 5.41) is 6.73. The van der Waals surface area contributed by atoms with E-state index in [-0.39, 0.29) is 5.54 Å². The average molecular weight is 250 g/mol. The normalized spacial score (nSPS) is 17.1. The highest BCUT2D eigenvalue weighted by atomic mass is 16.5. The predicted molar refractivity (Wildman–Crippen MR) is 72.8 cm³/mol. The number of hydrogen-bond donors (Lipinski definition) is 2. The van der Waals surface area contributed by atoms with Crippen LogP contribution >= 0.6 is 0 Å². The van der Waals surface area contributed by atoms with Crippen molar-refractivity contribution < 1.29 is 4.74 Å². The lowest BCUT2D eigenvalue weighted by molar-refractivity contribution is 0.178. The molecule has 0 atom stereocenters. The Bertz CT molecular complexity index is 380. The van der Waals surface area contributed by atoms with Crippen molar-refractivity contribution >= 4 is 11.6 Å². The second-order valence-corrected chi connectivity index (χ2v) is 5.06. The highest BCUT2D eigenvalue weighted by molar-refractivity contribution is 5.49. The third kappa shape index (κ3) is 3.10. The van der Waals surface area contributed by atoms with E-state index >= 15 is 0 Å². The standard InChI is InChI=1S/C13H22N4O/c1-4-14-10-8-11(16-12(15-10)9-18-3)17-13(2)6-5-7-13/h8H,4-7,9H2,1-3H3,(H2,14,15,16,17). The van der Waals surface area contributed by atoms with Crippen molar-refractivity contribution in [2.75, 3.05) is 24.3 Å². The van der Waals surface area contributed by atoms with Gasteiger partial charge in [0.1, 0.15) is 18.2 Å². The molecule has 5 nitrogen and oxygen atoms in total. The third-order valence-electron chi connectivity index (χ3n) is 3.29. The van der Waals surface area contributed by atoms with Crippen LogP contribution in [0.15, 0.2) is 6.07 Å². The molecule has 18 heavy (non-hydrogen) atoms. The molecule has 1 aromatic rings. The summed E-state index contributed by atoms with van der Waals surface area (Å²) in [5.74, 6) is 2.45. The molecule has 100 valence electrons. The van der Waals surface area contributed by atoms with E-state index in [0.29, 0.717) is 12.4 Å². The number of anilines is 2. The fraction of sp³-hybridized carbons (Fsp3) is 0.692. The molecule has 0 saturated heterocycles. The summed E-state index contributed by atoms with van der Waals surface area (Å²) in [6.45, 7) is 5.57. The monoisotopic (exact) mass is 250 g/mol. The van der Waals surface area contributed by atoms with Gasteiger partial charge >= 0.3 is 0 Å². The maximum absolute atomic E-state index is 5.11. The topological polar surface area (TPSA) is 59.1 Å². The molecule has 0 aromatic carbocycles. The Hall–Kier alpha value is -1.36. The fourth-order valence-electron chi connectivity index (χ4n) is 2.17. The molecule has 1 heterocycles. The second-order valence-electron chi connectivity index (χ2n) is 5.06. The van der Waals surface area contributed by atoms with Crippen LogP contribution in [0, 0.1) is 0 Å². The zero-order valence-electron chi connectivity index (χ0n) is 11.4. The van der Waals surface area contributed by atoms with Gasteiger partial charge in [0.05, 0.1) is 0 Å². The first-order chi connectivity index (χ1) is 8.65. The average Bonchev–Trinajstić information content (AvgIpc) is 2.27. The number of nitrogens with one attached hydrogen (secondary N) is 2. The summed E-state index contributed by atoms with van der Waals surface area (Å²) in [4.78, 5) is 8.88. The van der Waals surface area contributed by atoms with Crippen LogP contribution in [0.5, 0.6) is 0 Å². The number of hydrogen-bond acceptors (Lipinski definition) is 5. The number of rotatable bonds is 6. The summed E-state index contributed by atoms with van der Waals surface area (Å²) in [6, 6.07) is 1.96.